The van der Waals surface area contributed by atoms with Gasteiger partial charge in [0.15, 0.2) is 0 Å². The second-order valence-electron chi connectivity index (χ2n) is 4.85. The van der Waals surface area contributed by atoms with Crippen LogP contribution in [0, 0.1) is 0 Å². The van der Waals surface area contributed by atoms with E-state index in [1.807, 2.05) is 0 Å². The lowest BCUT2D eigenvalue weighted by Gasteiger charge is -2.14. The summed E-state index contributed by atoms with van der Waals surface area (Å²) in [6.07, 6.45) is 0. The number of imide groups is 1. The van der Waals surface area contributed by atoms with Gasteiger partial charge in [-0.1, -0.05) is 24.3 Å². The minimum atomic E-state index is -0.449. The Bertz CT molecular complexity index is 768. The Labute approximate surface area is 137 Å². The van der Waals surface area contributed by atoms with E-state index in [0.717, 1.165) is 0 Å². The monoisotopic (exact) mass is 327 g/mol. The third kappa shape index (κ3) is 2.73. The Morgan fingerprint density at radius 1 is 1.00 bits per heavy atom. The standard InChI is InChI=1S/C17H13NO4S/c1-22-17(21)13-8-4-5-9-14(13)23-10-18-15(19)11-6-2-3-7-12(11)16(18)20/h2-9H,10H2,1H3. The summed E-state index contributed by atoms with van der Waals surface area (Å²) in [4.78, 5) is 38.2. The fourth-order valence-electron chi connectivity index (χ4n) is 2.36. The molecule has 0 saturated heterocycles. The summed E-state index contributed by atoms with van der Waals surface area (Å²) < 4.78 is 4.74. The summed E-state index contributed by atoms with van der Waals surface area (Å²) in [6, 6.07) is 13.7. The number of amides is 2. The van der Waals surface area contributed by atoms with E-state index in [-0.39, 0.29) is 17.7 Å². The number of carbonyl (C=O) groups is 3. The number of hydrogen-bond donors (Lipinski definition) is 0. The van der Waals surface area contributed by atoms with Crippen molar-refractivity contribution in [2.45, 2.75) is 4.90 Å². The third-order valence-corrected chi connectivity index (χ3v) is 4.57. The Kier molecular flexibility index (Phi) is 4.16. The maximum atomic E-state index is 12.3. The zero-order valence-electron chi connectivity index (χ0n) is 12.3. The van der Waals surface area contributed by atoms with Gasteiger partial charge in [0.25, 0.3) is 11.8 Å². The average Bonchev–Trinajstić information content (AvgIpc) is 2.84. The topological polar surface area (TPSA) is 63.7 Å². The van der Waals surface area contributed by atoms with E-state index in [0.29, 0.717) is 21.6 Å². The van der Waals surface area contributed by atoms with E-state index >= 15 is 0 Å². The van der Waals surface area contributed by atoms with Gasteiger partial charge in [0.2, 0.25) is 0 Å². The van der Waals surface area contributed by atoms with Crippen molar-refractivity contribution in [1.29, 1.82) is 0 Å². The SMILES string of the molecule is COC(=O)c1ccccc1SCN1C(=O)c2ccccc2C1=O. The molecule has 0 N–H and O–H groups in total. The molecule has 5 nitrogen and oxygen atoms in total. The minimum Gasteiger partial charge on any atom is -0.465 e. The molecular formula is C17H13NO4S. The fraction of sp³-hybridized carbons (Fsp3) is 0.118. The second kappa shape index (κ2) is 6.26. The van der Waals surface area contributed by atoms with Crippen LogP contribution in [0.1, 0.15) is 31.1 Å². The van der Waals surface area contributed by atoms with E-state index in [1.165, 1.54) is 23.8 Å². The number of ether oxygens (including phenoxy) is 1. The molecule has 2 aromatic rings. The molecule has 0 atom stereocenters. The lowest BCUT2D eigenvalue weighted by atomic mass is 10.1. The molecule has 0 bridgehead atoms. The van der Waals surface area contributed by atoms with Gasteiger partial charge < -0.3 is 4.74 Å². The number of hydrogen-bond acceptors (Lipinski definition) is 5. The van der Waals surface area contributed by atoms with E-state index in [2.05, 4.69) is 0 Å². The smallest absolute Gasteiger partial charge is 0.338 e. The highest BCUT2D eigenvalue weighted by Gasteiger charge is 2.35. The first-order valence-electron chi connectivity index (χ1n) is 6.89. The second-order valence-corrected chi connectivity index (χ2v) is 5.83. The van der Waals surface area contributed by atoms with Gasteiger partial charge in [0.1, 0.15) is 0 Å². The molecule has 1 aliphatic heterocycles. The zero-order valence-corrected chi connectivity index (χ0v) is 13.1. The number of methoxy groups -OCH3 is 1. The third-order valence-electron chi connectivity index (χ3n) is 3.52. The predicted molar refractivity (Wildman–Crippen MR) is 85.4 cm³/mol. The van der Waals surface area contributed by atoms with Gasteiger partial charge in [-0.15, -0.1) is 11.8 Å². The highest BCUT2D eigenvalue weighted by Crippen LogP contribution is 2.29. The molecule has 116 valence electrons. The average molecular weight is 327 g/mol. The van der Waals surface area contributed by atoms with Crippen molar-refractivity contribution in [3.8, 4) is 0 Å². The van der Waals surface area contributed by atoms with Gasteiger partial charge in [0.05, 0.1) is 29.7 Å². The number of esters is 1. The van der Waals surface area contributed by atoms with Crippen LogP contribution in [0.5, 0.6) is 0 Å². The van der Waals surface area contributed by atoms with Crippen molar-refractivity contribution in [1.82, 2.24) is 4.90 Å². The molecule has 1 heterocycles. The van der Waals surface area contributed by atoms with Gasteiger partial charge in [-0.05, 0) is 24.3 Å². The van der Waals surface area contributed by atoms with Crippen LogP contribution in [-0.2, 0) is 4.74 Å². The van der Waals surface area contributed by atoms with E-state index in [1.54, 1.807) is 48.5 Å². The molecule has 0 saturated carbocycles. The van der Waals surface area contributed by atoms with Crippen molar-refractivity contribution in [2.75, 3.05) is 13.0 Å². The molecule has 23 heavy (non-hydrogen) atoms. The van der Waals surface area contributed by atoms with Crippen LogP contribution in [0.2, 0.25) is 0 Å². The van der Waals surface area contributed by atoms with Crippen molar-refractivity contribution >= 4 is 29.5 Å². The van der Waals surface area contributed by atoms with Gasteiger partial charge in [-0.3, -0.25) is 14.5 Å². The van der Waals surface area contributed by atoms with Crippen LogP contribution in [0.4, 0.5) is 0 Å². The first-order chi connectivity index (χ1) is 11.1. The molecule has 2 amide bonds. The van der Waals surface area contributed by atoms with Crippen LogP contribution >= 0.6 is 11.8 Å². The Morgan fingerprint density at radius 3 is 2.17 bits per heavy atom. The first-order valence-corrected chi connectivity index (χ1v) is 7.87. The molecule has 0 radical (unpaired) electrons. The van der Waals surface area contributed by atoms with Crippen LogP contribution in [0.25, 0.3) is 0 Å². The maximum absolute atomic E-state index is 12.3. The van der Waals surface area contributed by atoms with Crippen molar-refractivity contribution < 1.29 is 19.1 Å². The maximum Gasteiger partial charge on any atom is 0.338 e. The molecule has 3 rings (SSSR count). The van der Waals surface area contributed by atoms with Crippen LogP contribution in [-0.4, -0.2) is 35.7 Å². The number of nitrogens with zero attached hydrogens (tertiary/aromatic N) is 1. The molecule has 0 aromatic heterocycles. The van der Waals surface area contributed by atoms with Crippen LogP contribution in [0.3, 0.4) is 0 Å². The van der Waals surface area contributed by atoms with Crippen molar-refractivity contribution in [3.63, 3.8) is 0 Å². The van der Waals surface area contributed by atoms with Gasteiger partial charge in [0, 0.05) is 4.90 Å². The zero-order chi connectivity index (χ0) is 16.4. The largest absolute Gasteiger partial charge is 0.465 e. The number of carbonyl (C=O) groups excluding carboxylic acids is 3. The quantitative estimate of drug-likeness (QED) is 0.491. The van der Waals surface area contributed by atoms with Crippen LogP contribution < -0.4 is 0 Å². The van der Waals surface area contributed by atoms with E-state index < -0.39 is 5.97 Å². The normalized spacial score (nSPS) is 13.2. The summed E-state index contributed by atoms with van der Waals surface area (Å²) in [5.74, 6) is -0.932. The van der Waals surface area contributed by atoms with Crippen molar-refractivity contribution in [2.24, 2.45) is 0 Å². The summed E-state index contributed by atoms with van der Waals surface area (Å²) in [7, 11) is 1.31. The van der Waals surface area contributed by atoms with Crippen molar-refractivity contribution in [3.05, 3.63) is 65.2 Å². The molecule has 0 fully saturated rings. The highest BCUT2D eigenvalue weighted by molar-refractivity contribution is 7.99. The Morgan fingerprint density at radius 2 is 1.57 bits per heavy atom. The Balaban J connectivity index is 1.80. The first kappa shape index (κ1) is 15.3. The molecule has 0 unspecified atom stereocenters. The molecule has 0 aliphatic carbocycles. The molecule has 1 aliphatic rings. The number of thioether (sulfide) groups is 1. The lowest BCUT2D eigenvalue weighted by Crippen LogP contribution is -2.29. The summed E-state index contributed by atoms with van der Waals surface area (Å²) in [5, 5.41) is 0. The van der Waals surface area contributed by atoms with Gasteiger partial charge in [-0.2, -0.15) is 0 Å². The van der Waals surface area contributed by atoms with E-state index in [4.69, 9.17) is 4.74 Å². The summed E-state index contributed by atoms with van der Waals surface area (Å²) >= 11 is 1.25. The molecule has 6 heteroatoms. The van der Waals surface area contributed by atoms with Crippen LogP contribution in [0.15, 0.2) is 53.4 Å². The number of fused-ring (bicyclic) bond motifs is 1. The van der Waals surface area contributed by atoms with Gasteiger partial charge in [-0.25, -0.2) is 4.79 Å². The van der Waals surface area contributed by atoms with Gasteiger partial charge >= 0.3 is 5.97 Å². The fourth-order valence-corrected chi connectivity index (χ4v) is 3.35. The number of rotatable bonds is 4. The Hall–Kier alpha value is -2.60. The van der Waals surface area contributed by atoms with E-state index in [9.17, 15) is 14.4 Å². The summed E-state index contributed by atoms with van der Waals surface area (Å²) in [5.41, 5.74) is 1.25. The lowest BCUT2D eigenvalue weighted by molar-refractivity contribution is 0.0596. The number of benzene rings is 2. The molecule has 2 aromatic carbocycles. The molecule has 0 spiro atoms. The molecular weight excluding hydrogens is 314 g/mol. The summed E-state index contributed by atoms with van der Waals surface area (Å²) in [6.45, 7) is 0. The minimum absolute atomic E-state index is 0.139. The predicted octanol–water partition coefficient (Wildman–Crippen LogP) is 2.82. The highest BCUT2D eigenvalue weighted by atomic mass is 32.2.